The Balaban J connectivity index is 2.21. The molecule has 94 valence electrons. The maximum Gasteiger partial charge on any atom is 0.127 e. The number of rotatable bonds is 3. The quantitative estimate of drug-likeness (QED) is 0.861. The van der Waals surface area contributed by atoms with Gasteiger partial charge >= 0.3 is 0 Å². The predicted octanol–water partition coefficient (Wildman–Crippen LogP) is 4.23. The first-order valence-corrected chi connectivity index (χ1v) is 6.61. The maximum absolute atomic E-state index is 5.91. The number of anilines is 1. The van der Waals surface area contributed by atoms with Crippen LogP contribution < -0.4 is 10.5 Å². The first-order chi connectivity index (χ1) is 8.59. The van der Waals surface area contributed by atoms with Gasteiger partial charge in [-0.2, -0.15) is 0 Å². The van der Waals surface area contributed by atoms with Crippen LogP contribution in [0.3, 0.4) is 0 Å². The number of nitrogens with two attached hydrogens (primary N) is 1. The summed E-state index contributed by atoms with van der Waals surface area (Å²) in [5, 5.41) is 0. The minimum atomic E-state index is 0.534. The number of hydrogen-bond acceptors (Lipinski definition) is 2. The van der Waals surface area contributed by atoms with E-state index in [0.29, 0.717) is 6.61 Å². The highest BCUT2D eigenvalue weighted by Gasteiger charge is 2.08. The second-order valence-corrected chi connectivity index (χ2v) is 5.16. The van der Waals surface area contributed by atoms with Gasteiger partial charge < -0.3 is 10.5 Å². The van der Waals surface area contributed by atoms with Gasteiger partial charge in [-0.25, -0.2) is 0 Å². The molecule has 0 amide bonds. The third-order valence-corrected chi connectivity index (χ3v) is 3.75. The summed E-state index contributed by atoms with van der Waals surface area (Å²) in [6, 6.07) is 11.9. The number of aryl methyl sites for hydroxylation is 1. The fourth-order valence-corrected chi connectivity index (χ4v) is 2.23. The van der Waals surface area contributed by atoms with Crippen molar-refractivity contribution in [1.29, 1.82) is 0 Å². The molecule has 0 saturated heterocycles. The second kappa shape index (κ2) is 5.44. The van der Waals surface area contributed by atoms with E-state index in [4.69, 9.17) is 10.5 Å². The van der Waals surface area contributed by atoms with Gasteiger partial charge in [-0.1, -0.05) is 40.2 Å². The molecule has 0 aromatic heterocycles. The molecule has 3 heteroatoms. The van der Waals surface area contributed by atoms with Gasteiger partial charge in [0.1, 0.15) is 12.4 Å². The van der Waals surface area contributed by atoms with E-state index in [2.05, 4.69) is 15.9 Å². The third kappa shape index (κ3) is 2.67. The van der Waals surface area contributed by atoms with Crippen LogP contribution in [-0.4, -0.2) is 0 Å². The molecule has 2 aromatic carbocycles. The summed E-state index contributed by atoms with van der Waals surface area (Å²) < 4.78 is 6.96. The molecule has 18 heavy (non-hydrogen) atoms. The second-order valence-electron chi connectivity index (χ2n) is 4.31. The molecule has 0 bridgehead atoms. The minimum absolute atomic E-state index is 0.534. The zero-order valence-electron chi connectivity index (χ0n) is 10.5. The van der Waals surface area contributed by atoms with E-state index in [-0.39, 0.29) is 0 Å². The molecule has 0 atom stereocenters. The Bertz CT molecular complexity index is 566. The number of nitrogen functional groups attached to an aromatic ring is 1. The van der Waals surface area contributed by atoms with Crippen molar-refractivity contribution in [2.45, 2.75) is 20.5 Å². The normalized spacial score (nSPS) is 10.4. The SMILES string of the molecule is Cc1ccc(N)c(C)c1OCc1ccccc1Br. The van der Waals surface area contributed by atoms with Gasteiger partial charge in [-0.05, 0) is 31.5 Å². The van der Waals surface area contributed by atoms with Gasteiger partial charge in [0, 0.05) is 21.3 Å². The van der Waals surface area contributed by atoms with Crippen LogP contribution in [0.1, 0.15) is 16.7 Å². The highest BCUT2D eigenvalue weighted by molar-refractivity contribution is 9.10. The van der Waals surface area contributed by atoms with Crippen LogP contribution in [0.2, 0.25) is 0 Å². The van der Waals surface area contributed by atoms with E-state index in [1.54, 1.807) is 0 Å². The average molecular weight is 306 g/mol. The van der Waals surface area contributed by atoms with Crippen molar-refractivity contribution in [3.05, 3.63) is 57.6 Å². The highest BCUT2D eigenvalue weighted by Crippen LogP contribution is 2.29. The average Bonchev–Trinajstić information content (AvgIpc) is 2.36. The van der Waals surface area contributed by atoms with Crippen LogP contribution in [-0.2, 0) is 6.61 Å². The first kappa shape index (κ1) is 13.0. The number of hydrogen-bond donors (Lipinski definition) is 1. The molecule has 0 spiro atoms. The molecule has 2 nitrogen and oxygen atoms in total. The van der Waals surface area contributed by atoms with Crippen LogP contribution in [0.4, 0.5) is 5.69 Å². The van der Waals surface area contributed by atoms with Crippen LogP contribution in [0.15, 0.2) is 40.9 Å². The summed E-state index contributed by atoms with van der Waals surface area (Å²) in [7, 11) is 0. The molecular formula is C15H16BrNO. The van der Waals surface area contributed by atoms with E-state index in [0.717, 1.165) is 32.6 Å². The maximum atomic E-state index is 5.91. The van der Waals surface area contributed by atoms with E-state index >= 15 is 0 Å². The molecule has 0 aliphatic heterocycles. The molecule has 2 aromatic rings. The first-order valence-electron chi connectivity index (χ1n) is 5.81. The molecule has 0 heterocycles. The molecule has 0 saturated carbocycles. The lowest BCUT2D eigenvalue weighted by Crippen LogP contribution is -2.01. The summed E-state index contributed by atoms with van der Waals surface area (Å²) in [6.07, 6.45) is 0. The summed E-state index contributed by atoms with van der Waals surface area (Å²) in [6.45, 7) is 4.55. The van der Waals surface area contributed by atoms with Gasteiger partial charge in [-0.15, -0.1) is 0 Å². The van der Waals surface area contributed by atoms with Crippen molar-refractivity contribution in [2.24, 2.45) is 0 Å². The van der Waals surface area contributed by atoms with Crippen molar-refractivity contribution in [1.82, 2.24) is 0 Å². The molecule has 0 fully saturated rings. The van der Waals surface area contributed by atoms with Crippen molar-refractivity contribution in [2.75, 3.05) is 5.73 Å². The topological polar surface area (TPSA) is 35.2 Å². The van der Waals surface area contributed by atoms with Crippen LogP contribution in [0, 0.1) is 13.8 Å². The summed E-state index contributed by atoms with van der Waals surface area (Å²) in [5.74, 6) is 0.880. The molecule has 2 rings (SSSR count). The van der Waals surface area contributed by atoms with Crippen LogP contribution in [0.5, 0.6) is 5.75 Å². The fraction of sp³-hybridized carbons (Fsp3) is 0.200. The lowest BCUT2D eigenvalue weighted by Gasteiger charge is -2.14. The lowest BCUT2D eigenvalue weighted by atomic mass is 10.1. The lowest BCUT2D eigenvalue weighted by molar-refractivity contribution is 0.301. The number of halogens is 1. The van der Waals surface area contributed by atoms with Gasteiger partial charge in [0.25, 0.3) is 0 Å². The fourth-order valence-electron chi connectivity index (χ4n) is 1.83. The monoisotopic (exact) mass is 305 g/mol. The van der Waals surface area contributed by atoms with E-state index < -0.39 is 0 Å². The van der Waals surface area contributed by atoms with Gasteiger partial charge in [0.2, 0.25) is 0 Å². The highest BCUT2D eigenvalue weighted by atomic mass is 79.9. The zero-order chi connectivity index (χ0) is 13.1. The van der Waals surface area contributed by atoms with Crippen molar-refractivity contribution in [3.8, 4) is 5.75 Å². The standard InChI is InChI=1S/C15H16BrNO/c1-10-7-8-14(17)11(2)15(10)18-9-12-5-3-4-6-13(12)16/h3-8H,9,17H2,1-2H3. The van der Waals surface area contributed by atoms with Gasteiger partial charge in [-0.3, -0.25) is 0 Å². The van der Waals surface area contributed by atoms with E-state index in [1.165, 1.54) is 0 Å². The van der Waals surface area contributed by atoms with Crippen molar-refractivity contribution in [3.63, 3.8) is 0 Å². The Morgan fingerprint density at radius 1 is 1.11 bits per heavy atom. The molecule has 2 N–H and O–H groups in total. The Morgan fingerprint density at radius 2 is 1.83 bits per heavy atom. The zero-order valence-corrected chi connectivity index (χ0v) is 12.1. The molecule has 0 aliphatic rings. The van der Waals surface area contributed by atoms with Crippen molar-refractivity contribution < 1.29 is 4.74 Å². The van der Waals surface area contributed by atoms with E-state index in [9.17, 15) is 0 Å². The number of ether oxygens (including phenoxy) is 1. The Labute approximate surface area is 116 Å². The van der Waals surface area contributed by atoms with Gasteiger partial charge in [0.05, 0.1) is 0 Å². The summed E-state index contributed by atoms with van der Waals surface area (Å²) >= 11 is 3.52. The predicted molar refractivity (Wildman–Crippen MR) is 78.8 cm³/mol. The summed E-state index contributed by atoms with van der Waals surface area (Å²) in [5.41, 5.74) is 9.90. The Kier molecular flexibility index (Phi) is 3.92. The largest absolute Gasteiger partial charge is 0.488 e. The summed E-state index contributed by atoms with van der Waals surface area (Å²) in [4.78, 5) is 0. The third-order valence-electron chi connectivity index (χ3n) is 2.97. The molecule has 0 aliphatic carbocycles. The Hall–Kier alpha value is -1.48. The minimum Gasteiger partial charge on any atom is -0.488 e. The van der Waals surface area contributed by atoms with Gasteiger partial charge in [0.15, 0.2) is 0 Å². The Morgan fingerprint density at radius 3 is 2.56 bits per heavy atom. The van der Waals surface area contributed by atoms with Crippen LogP contribution in [0.25, 0.3) is 0 Å². The van der Waals surface area contributed by atoms with Crippen molar-refractivity contribution >= 4 is 21.6 Å². The van der Waals surface area contributed by atoms with E-state index in [1.807, 2.05) is 50.2 Å². The molecule has 0 unspecified atom stereocenters. The molecule has 0 radical (unpaired) electrons. The van der Waals surface area contributed by atoms with Crippen LogP contribution >= 0.6 is 15.9 Å². The molecular weight excluding hydrogens is 290 g/mol. The number of benzene rings is 2. The smallest absolute Gasteiger partial charge is 0.127 e.